The van der Waals surface area contributed by atoms with Crippen LogP contribution in [-0.4, -0.2) is 42.1 Å². The standard InChI is InChI=1S/C18H21NO2S.C2H2O4/c1-20-16-8-5-6-13(18(16)21-2)12-19-15-10-11-22-17-9-4-3-7-14(15)17;3-1(4)2(5)6/h3-9,15,19H,10-12H2,1-2H3;(H,3,4)(H,5,6). The van der Waals surface area contributed by atoms with Gasteiger partial charge in [-0.2, -0.15) is 0 Å². The summed E-state index contributed by atoms with van der Waals surface area (Å²) in [4.78, 5) is 19.6. The molecule has 1 heterocycles. The molecule has 1 atom stereocenters. The smallest absolute Gasteiger partial charge is 0.414 e. The SMILES string of the molecule is COc1cccc(CNC2CCSc3ccccc32)c1OC.O=C(O)C(=O)O. The van der Waals surface area contributed by atoms with Crippen molar-refractivity contribution in [2.75, 3.05) is 20.0 Å². The average Bonchev–Trinajstić information content (AvgIpc) is 2.72. The number of hydrogen-bond acceptors (Lipinski definition) is 6. The number of carbonyl (C=O) groups is 2. The third-order valence-corrected chi connectivity index (χ3v) is 5.29. The predicted octanol–water partition coefficient (Wildman–Crippen LogP) is 3.19. The molecule has 3 N–H and O–H groups in total. The van der Waals surface area contributed by atoms with Crippen LogP contribution in [0.5, 0.6) is 11.5 Å². The van der Waals surface area contributed by atoms with Gasteiger partial charge < -0.3 is 25.0 Å². The summed E-state index contributed by atoms with van der Waals surface area (Å²) in [6.45, 7) is 0.768. The topological polar surface area (TPSA) is 105 Å². The Balaban J connectivity index is 0.000000409. The van der Waals surface area contributed by atoms with Crippen molar-refractivity contribution in [3.8, 4) is 11.5 Å². The van der Waals surface area contributed by atoms with Gasteiger partial charge in [-0.25, -0.2) is 9.59 Å². The van der Waals surface area contributed by atoms with Crippen LogP contribution >= 0.6 is 11.8 Å². The molecule has 0 aromatic heterocycles. The molecule has 0 aliphatic carbocycles. The highest BCUT2D eigenvalue weighted by Crippen LogP contribution is 2.37. The van der Waals surface area contributed by atoms with Crippen molar-refractivity contribution in [3.05, 3.63) is 53.6 Å². The highest BCUT2D eigenvalue weighted by atomic mass is 32.2. The second-order valence-corrected chi connectivity index (χ2v) is 7.01. The number of carboxylic acid groups (broad SMARTS) is 2. The molecule has 2 aromatic rings. The van der Waals surface area contributed by atoms with Gasteiger partial charge in [0.25, 0.3) is 0 Å². The number of methoxy groups -OCH3 is 2. The lowest BCUT2D eigenvalue weighted by Gasteiger charge is -2.26. The summed E-state index contributed by atoms with van der Waals surface area (Å²) in [6.07, 6.45) is 1.15. The maximum atomic E-state index is 9.10. The highest BCUT2D eigenvalue weighted by Gasteiger charge is 2.20. The molecule has 150 valence electrons. The number of aliphatic carboxylic acids is 2. The average molecular weight is 405 g/mol. The van der Waals surface area contributed by atoms with Crippen molar-refractivity contribution in [2.24, 2.45) is 0 Å². The lowest BCUT2D eigenvalue weighted by atomic mass is 10.0. The van der Waals surface area contributed by atoms with Crippen molar-refractivity contribution in [2.45, 2.75) is 23.9 Å². The first kappa shape index (κ1) is 21.6. The molecular formula is C20H23NO6S. The van der Waals surface area contributed by atoms with Crippen molar-refractivity contribution in [1.29, 1.82) is 0 Å². The molecule has 3 rings (SSSR count). The predicted molar refractivity (Wildman–Crippen MR) is 106 cm³/mol. The maximum Gasteiger partial charge on any atom is 0.414 e. The zero-order valence-corrected chi connectivity index (χ0v) is 16.5. The lowest BCUT2D eigenvalue weighted by molar-refractivity contribution is -0.159. The second kappa shape index (κ2) is 10.6. The molecule has 1 aliphatic rings. The first-order valence-corrected chi connectivity index (χ1v) is 9.57. The molecule has 0 bridgehead atoms. The monoisotopic (exact) mass is 405 g/mol. The van der Waals surface area contributed by atoms with E-state index in [9.17, 15) is 0 Å². The van der Waals surface area contributed by atoms with E-state index in [1.807, 2.05) is 23.9 Å². The number of hydrogen-bond donors (Lipinski definition) is 3. The largest absolute Gasteiger partial charge is 0.493 e. The van der Waals surface area contributed by atoms with Crippen LogP contribution in [0, 0.1) is 0 Å². The summed E-state index contributed by atoms with van der Waals surface area (Å²) in [5.41, 5.74) is 2.53. The van der Waals surface area contributed by atoms with Crippen LogP contribution in [0.15, 0.2) is 47.4 Å². The lowest BCUT2D eigenvalue weighted by Crippen LogP contribution is -2.24. The fourth-order valence-corrected chi connectivity index (χ4v) is 4.01. The van der Waals surface area contributed by atoms with E-state index in [0.717, 1.165) is 35.8 Å². The number of ether oxygens (including phenoxy) is 2. The van der Waals surface area contributed by atoms with Crippen LogP contribution in [0.1, 0.15) is 23.6 Å². The number of para-hydroxylation sites is 1. The van der Waals surface area contributed by atoms with Gasteiger partial charge in [-0.1, -0.05) is 30.3 Å². The summed E-state index contributed by atoms with van der Waals surface area (Å²) in [6, 6.07) is 15.1. The van der Waals surface area contributed by atoms with E-state index in [1.165, 1.54) is 10.5 Å². The Hall–Kier alpha value is -2.71. The van der Waals surface area contributed by atoms with Gasteiger partial charge in [-0.3, -0.25) is 0 Å². The minimum absolute atomic E-state index is 0.397. The Kier molecular flexibility index (Phi) is 8.16. The molecule has 0 amide bonds. The minimum Gasteiger partial charge on any atom is -0.493 e. The molecular weight excluding hydrogens is 382 g/mol. The normalized spacial score (nSPS) is 14.9. The molecule has 1 unspecified atom stereocenters. The number of nitrogens with one attached hydrogen (secondary N) is 1. The zero-order valence-electron chi connectivity index (χ0n) is 15.7. The van der Waals surface area contributed by atoms with Crippen LogP contribution in [0.25, 0.3) is 0 Å². The van der Waals surface area contributed by atoms with E-state index in [1.54, 1.807) is 14.2 Å². The van der Waals surface area contributed by atoms with E-state index < -0.39 is 11.9 Å². The molecule has 8 heteroatoms. The quantitative estimate of drug-likeness (QED) is 0.652. The number of carboxylic acids is 2. The van der Waals surface area contributed by atoms with Gasteiger partial charge in [0.1, 0.15) is 0 Å². The van der Waals surface area contributed by atoms with Crippen LogP contribution in [0.4, 0.5) is 0 Å². The first-order valence-electron chi connectivity index (χ1n) is 8.59. The van der Waals surface area contributed by atoms with E-state index in [-0.39, 0.29) is 0 Å². The molecule has 0 spiro atoms. The van der Waals surface area contributed by atoms with Crippen LogP contribution in [0.3, 0.4) is 0 Å². The van der Waals surface area contributed by atoms with Gasteiger partial charge in [0, 0.05) is 23.0 Å². The minimum atomic E-state index is -1.82. The first-order chi connectivity index (χ1) is 13.5. The fraction of sp³-hybridized carbons (Fsp3) is 0.300. The molecule has 7 nitrogen and oxygen atoms in total. The summed E-state index contributed by atoms with van der Waals surface area (Å²) in [7, 11) is 3.36. The fourth-order valence-electron chi connectivity index (χ4n) is 2.88. The van der Waals surface area contributed by atoms with Gasteiger partial charge in [0.2, 0.25) is 0 Å². The molecule has 0 saturated carbocycles. The Morgan fingerprint density at radius 2 is 1.79 bits per heavy atom. The third kappa shape index (κ3) is 5.64. The maximum absolute atomic E-state index is 9.10. The Morgan fingerprint density at radius 1 is 1.07 bits per heavy atom. The summed E-state index contributed by atoms with van der Waals surface area (Å²) in [5, 5.41) is 18.5. The summed E-state index contributed by atoms with van der Waals surface area (Å²) >= 11 is 1.94. The van der Waals surface area contributed by atoms with Gasteiger partial charge in [-0.15, -0.1) is 11.8 Å². The van der Waals surface area contributed by atoms with Crippen LogP contribution < -0.4 is 14.8 Å². The van der Waals surface area contributed by atoms with Crippen LogP contribution in [0.2, 0.25) is 0 Å². The highest BCUT2D eigenvalue weighted by molar-refractivity contribution is 7.99. The van der Waals surface area contributed by atoms with Gasteiger partial charge >= 0.3 is 11.9 Å². The zero-order chi connectivity index (χ0) is 20.5. The number of benzene rings is 2. The second-order valence-electron chi connectivity index (χ2n) is 5.87. The van der Waals surface area contributed by atoms with E-state index in [0.29, 0.717) is 6.04 Å². The molecule has 0 radical (unpaired) electrons. The van der Waals surface area contributed by atoms with Gasteiger partial charge in [0.05, 0.1) is 14.2 Å². The Labute approximate surface area is 167 Å². The number of thioether (sulfide) groups is 1. The van der Waals surface area contributed by atoms with Gasteiger partial charge in [-0.05, 0) is 29.9 Å². The number of rotatable bonds is 5. The Bertz CT molecular complexity index is 814. The van der Waals surface area contributed by atoms with Crippen molar-refractivity contribution < 1.29 is 29.3 Å². The van der Waals surface area contributed by atoms with Crippen molar-refractivity contribution in [1.82, 2.24) is 5.32 Å². The summed E-state index contributed by atoms with van der Waals surface area (Å²) < 4.78 is 10.9. The van der Waals surface area contributed by atoms with E-state index >= 15 is 0 Å². The number of fused-ring (bicyclic) bond motifs is 1. The summed E-state index contributed by atoms with van der Waals surface area (Å²) in [5.74, 6) is -0.897. The molecule has 0 saturated heterocycles. The molecule has 1 aliphatic heterocycles. The molecule has 28 heavy (non-hydrogen) atoms. The van der Waals surface area contributed by atoms with Crippen LogP contribution in [-0.2, 0) is 16.1 Å². The van der Waals surface area contributed by atoms with Crippen molar-refractivity contribution >= 4 is 23.7 Å². The Morgan fingerprint density at radius 3 is 2.43 bits per heavy atom. The third-order valence-electron chi connectivity index (χ3n) is 4.16. The van der Waals surface area contributed by atoms with Crippen molar-refractivity contribution in [3.63, 3.8) is 0 Å². The van der Waals surface area contributed by atoms with Gasteiger partial charge in [0.15, 0.2) is 11.5 Å². The van der Waals surface area contributed by atoms with E-state index in [4.69, 9.17) is 29.3 Å². The van der Waals surface area contributed by atoms with E-state index in [2.05, 4.69) is 35.6 Å². The molecule has 2 aromatic carbocycles. The molecule has 0 fully saturated rings.